The Bertz CT molecular complexity index is 912. The Morgan fingerprint density at radius 2 is 1.58 bits per heavy atom. The van der Waals surface area contributed by atoms with Crippen LogP contribution in [-0.4, -0.2) is 15.9 Å². The molecule has 8 heteroatoms. The van der Waals surface area contributed by atoms with Gasteiger partial charge in [0.05, 0.1) is 12.4 Å². The molecule has 0 atom stereocenters. The number of rotatable bonds is 5. The molecule has 0 radical (unpaired) electrons. The predicted octanol–water partition coefficient (Wildman–Crippen LogP) is 3.76. The highest BCUT2D eigenvalue weighted by Crippen LogP contribution is 2.18. The van der Waals surface area contributed by atoms with Crippen LogP contribution in [0.25, 0.3) is 0 Å². The monoisotopic (exact) mass is 358 g/mol. The van der Waals surface area contributed by atoms with Crippen LogP contribution >= 0.6 is 0 Å². The van der Waals surface area contributed by atoms with Crippen LogP contribution < -0.4 is 10.6 Å². The molecule has 0 spiro atoms. The number of nitrogens with zero attached hydrogens (tertiary/aromatic N) is 2. The standard InChI is InChI=1S/C18H13F3N4O/c19-12-5-2-1-4-11(12)8-23-16-10-22-15(9-24-16)18(26)25-17-13(20)6-3-7-14(17)21/h1-7,9-10H,8H2,(H,23,24)(H,25,26). The molecule has 0 bridgehead atoms. The summed E-state index contributed by atoms with van der Waals surface area (Å²) in [4.78, 5) is 19.9. The van der Waals surface area contributed by atoms with E-state index in [1.54, 1.807) is 18.2 Å². The molecule has 132 valence electrons. The van der Waals surface area contributed by atoms with E-state index >= 15 is 0 Å². The van der Waals surface area contributed by atoms with Crippen molar-refractivity contribution < 1.29 is 18.0 Å². The van der Waals surface area contributed by atoms with Crippen LogP contribution in [-0.2, 0) is 6.54 Å². The summed E-state index contributed by atoms with van der Waals surface area (Å²) in [6.07, 6.45) is 2.42. The molecule has 0 aliphatic carbocycles. The fraction of sp³-hybridized carbons (Fsp3) is 0.0556. The van der Waals surface area contributed by atoms with E-state index in [2.05, 4.69) is 20.6 Å². The second kappa shape index (κ2) is 7.64. The maximum Gasteiger partial charge on any atom is 0.276 e. The van der Waals surface area contributed by atoms with Gasteiger partial charge in [0.15, 0.2) is 0 Å². The number of carbonyl (C=O) groups excluding carboxylic acids is 1. The number of aromatic nitrogens is 2. The van der Waals surface area contributed by atoms with Gasteiger partial charge in [0.2, 0.25) is 0 Å². The maximum absolute atomic E-state index is 13.6. The molecule has 0 aliphatic rings. The highest BCUT2D eigenvalue weighted by Gasteiger charge is 2.14. The molecule has 3 rings (SSSR count). The van der Waals surface area contributed by atoms with E-state index in [1.165, 1.54) is 18.3 Å². The smallest absolute Gasteiger partial charge is 0.276 e. The van der Waals surface area contributed by atoms with Gasteiger partial charge in [-0.05, 0) is 18.2 Å². The molecule has 5 nitrogen and oxygen atoms in total. The zero-order valence-corrected chi connectivity index (χ0v) is 13.3. The summed E-state index contributed by atoms with van der Waals surface area (Å²) in [6.45, 7) is 0.188. The van der Waals surface area contributed by atoms with Crippen LogP contribution in [0.3, 0.4) is 0 Å². The third-order valence-electron chi connectivity index (χ3n) is 3.50. The number of amides is 1. The molecule has 2 N–H and O–H groups in total. The molecule has 2 aromatic carbocycles. The van der Waals surface area contributed by atoms with Gasteiger partial charge in [-0.3, -0.25) is 4.79 Å². The molecular weight excluding hydrogens is 345 g/mol. The fourth-order valence-electron chi connectivity index (χ4n) is 2.16. The summed E-state index contributed by atoms with van der Waals surface area (Å²) in [5.74, 6) is -2.62. The Balaban J connectivity index is 1.65. The average molecular weight is 358 g/mol. The van der Waals surface area contributed by atoms with Crippen molar-refractivity contribution in [3.8, 4) is 0 Å². The largest absolute Gasteiger partial charge is 0.365 e. The summed E-state index contributed by atoms with van der Waals surface area (Å²) in [5.41, 5.74) is -0.226. The van der Waals surface area contributed by atoms with E-state index in [-0.39, 0.29) is 18.1 Å². The molecule has 0 fully saturated rings. The van der Waals surface area contributed by atoms with Crippen LogP contribution in [0.4, 0.5) is 24.7 Å². The van der Waals surface area contributed by atoms with Crippen molar-refractivity contribution >= 4 is 17.4 Å². The van der Waals surface area contributed by atoms with Crippen molar-refractivity contribution in [3.05, 3.63) is 83.6 Å². The number of para-hydroxylation sites is 1. The fourth-order valence-corrected chi connectivity index (χ4v) is 2.16. The van der Waals surface area contributed by atoms with Gasteiger partial charge in [-0.15, -0.1) is 0 Å². The van der Waals surface area contributed by atoms with Gasteiger partial charge >= 0.3 is 0 Å². The van der Waals surface area contributed by atoms with Crippen LogP contribution in [0.1, 0.15) is 16.1 Å². The molecule has 0 unspecified atom stereocenters. The van der Waals surface area contributed by atoms with Crippen molar-refractivity contribution in [1.82, 2.24) is 9.97 Å². The van der Waals surface area contributed by atoms with Gasteiger partial charge in [-0.1, -0.05) is 24.3 Å². The lowest BCUT2D eigenvalue weighted by atomic mass is 10.2. The average Bonchev–Trinajstić information content (AvgIpc) is 2.64. The molecule has 0 saturated carbocycles. The first-order valence-electron chi connectivity index (χ1n) is 7.59. The number of benzene rings is 2. The lowest BCUT2D eigenvalue weighted by Gasteiger charge is -2.08. The van der Waals surface area contributed by atoms with Gasteiger partial charge in [-0.25, -0.2) is 23.1 Å². The van der Waals surface area contributed by atoms with Crippen molar-refractivity contribution in [1.29, 1.82) is 0 Å². The van der Waals surface area contributed by atoms with E-state index < -0.39 is 23.2 Å². The number of anilines is 2. The molecule has 0 aliphatic heterocycles. The lowest BCUT2D eigenvalue weighted by Crippen LogP contribution is -2.16. The molecule has 1 amide bonds. The minimum atomic E-state index is -0.894. The zero-order chi connectivity index (χ0) is 18.5. The number of carbonyl (C=O) groups is 1. The van der Waals surface area contributed by atoms with Crippen LogP contribution in [0.2, 0.25) is 0 Å². The zero-order valence-electron chi connectivity index (χ0n) is 13.3. The van der Waals surface area contributed by atoms with Gasteiger partial charge in [-0.2, -0.15) is 0 Å². The number of halogens is 3. The topological polar surface area (TPSA) is 66.9 Å². The third-order valence-corrected chi connectivity index (χ3v) is 3.50. The summed E-state index contributed by atoms with van der Waals surface area (Å²) >= 11 is 0. The summed E-state index contributed by atoms with van der Waals surface area (Å²) in [6, 6.07) is 9.51. The van der Waals surface area contributed by atoms with Crippen LogP contribution in [0.15, 0.2) is 54.9 Å². The Kier molecular flexibility index (Phi) is 5.12. The normalized spacial score (nSPS) is 10.4. The van der Waals surface area contributed by atoms with Gasteiger partial charge in [0, 0.05) is 12.1 Å². The molecule has 0 saturated heterocycles. The third kappa shape index (κ3) is 3.97. The Labute approximate surface area is 146 Å². The minimum Gasteiger partial charge on any atom is -0.365 e. The second-order valence-corrected chi connectivity index (χ2v) is 5.28. The van der Waals surface area contributed by atoms with E-state index in [9.17, 15) is 18.0 Å². The number of hydrogen-bond acceptors (Lipinski definition) is 4. The first kappa shape index (κ1) is 17.4. The van der Waals surface area contributed by atoms with Crippen molar-refractivity contribution in [3.63, 3.8) is 0 Å². The number of nitrogens with one attached hydrogen (secondary N) is 2. The quantitative estimate of drug-likeness (QED) is 0.729. The maximum atomic E-state index is 13.6. The predicted molar refractivity (Wildman–Crippen MR) is 90.1 cm³/mol. The van der Waals surface area contributed by atoms with Gasteiger partial charge in [0.1, 0.15) is 34.7 Å². The van der Waals surface area contributed by atoms with Gasteiger partial charge in [0.25, 0.3) is 5.91 Å². The summed E-state index contributed by atoms with van der Waals surface area (Å²) in [5, 5.41) is 4.99. The Morgan fingerprint density at radius 3 is 2.23 bits per heavy atom. The Morgan fingerprint density at radius 1 is 0.885 bits per heavy atom. The molecule has 1 heterocycles. The van der Waals surface area contributed by atoms with Gasteiger partial charge < -0.3 is 10.6 Å². The number of hydrogen-bond donors (Lipinski definition) is 2. The SMILES string of the molecule is O=C(Nc1c(F)cccc1F)c1cnc(NCc2ccccc2F)cn1. The summed E-state index contributed by atoms with van der Waals surface area (Å²) in [7, 11) is 0. The van der Waals surface area contributed by atoms with E-state index in [1.807, 2.05) is 0 Å². The lowest BCUT2D eigenvalue weighted by molar-refractivity contribution is 0.102. The van der Waals surface area contributed by atoms with E-state index in [4.69, 9.17) is 0 Å². The molecule has 26 heavy (non-hydrogen) atoms. The van der Waals surface area contributed by atoms with Crippen LogP contribution in [0.5, 0.6) is 0 Å². The Hall–Kier alpha value is -3.42. The van der Waals surface area contributed by atoms with Crippen LogP contribution in [0, 0.1) is 17.5 Å². The first-order chi connectivity index (χ1) is 12.5. The molecule has 1 aromatic heterocycles. The minimum absolute atomic E-state index is 0.121. The first-order valence-corrected chi connectivity index (χ1v) is 7.59. The van der Waals surface area contributed by atoms with Crippen molar-refractivity contribution in [2.75, 3.05) is 10.6 Å². The molecular formula is C18H13F3N4O. The van der Waals surface area contributed by atoms with E-state index in [0.29, 0.717) is 11.4 Å². The highest BCUT2D eigenvalue weighted by atomic mass is 19.1. The van der Waals surface area contributed by atoms with Crippen molar-refractivity contribution in [2.24, 2.45) is 0 Å². The summed E-state index contributed by atoms with van der Waals surface area (Å²) < 4.78 is 40.7. The van der Waals surface area contributed by atoms with Crippen molar-refractivity contribution in [2.45, 2.75) is 6.54 Å². The second-order valence-electron chi connectivity index (χ2n) is 5.28. The molecule has 3 aromatic rings. The van der Waals surface area contributed by atoms with E-state index in [0.717, 1.165) is 18.3 Å². The highest BCUT2D eigenvalue weighted by molar-refractivity contribution is 6.02.